The molecule has 0 saturated carbocycles. The molecule has 1 saturated heterocycles. The number of amides is 2. The van der Waals surface area contributed by atoms with Gasteiger partial charge in [0.25, 0.3) is 5.91 Å². The highest BCUT2D eigenvalue weighted by Gasteiger charge is 2.50. The number of carbonyl (C=O) groups is 2. The lowest BCUT2D eigenvalue weighted by Gasteiger charge is -2.24. The van der Waals surface area contributed by atoms with E-state index in [-0.39, 0.29) is 24.2 Å². The molecule has 4 heteroatoms. The fourth-order valence-electron chi connectivity index (χ4n) is 2.36. The molecule has 0 spiro atoms. The second-order valence-electron chi connectivity index (χ2n) is 5.99. The summed E-state index contributed by atoms with van der Waals surface area (Å²) < 4.78 is 5.75. The Bertz CT molecular complexity index is 508. The molecule has 0 N–H and O–H groups in total. The third kappa shape index (κ3) is 2.75. The van der Waals surface area contributed by atoms with Crippen LogP contribution in [0.15, 0.2) is 30.3 Å². The molecule has 1 unspecified atom stereocenters. The second kappa shape index (κ2) is 5.37. The number of rotatable bonds is 3. The Balaban J connectivity index is 2.20. The molecule has 0 radical (unpaired) electrons. The first-order valence-electron chi connectivity index (χ1n) is 6.91. The average molecular weight is 275 g/mol. The van der Waals surface area contributed by atoms with Crippen LogP contribution in [-0.2, 0) is 20.7 Å². The molecular formula is C16H21NO3. The normalized spacial score (nSPS) is 21.6. The van der Waals surface area contributed by atoms with E-state index in [2.05, 4.69) is 0 Å². The molecule has 4 nitrogen and oxygen atoms in total. The maximum Gasteiger partial charge on any atom is 0.263 e. The predicted octanol–water partition coefficient (Wildman–Crippen LogP) is 2.38. The Labute approximate surface area is 119 Å². The lowest BCUT2D eigenvalue weighted by molar-refractivity contribution is -0.146. The number of carbonyl (C=O) groups excluding carboxylic acids is 2. The van der Waals surface area contributed by atoms with E-state index in [0.29, 0.717) is 0 Å². The molecule has 1 aliphatic heterocycles. The van der Waals surface area contributed by atoms with Crippen molar-refractivity contribution in [1.82, 2.24) is 4.90 Å². The summed E-state index contributed by atoms with van der Waals surface area (Å²) in [4.78, 5) is 26.1. The van der Waals surface area contributed by atoms with Gasteiger partial charge >= 0.3 is 0 Å². The van der Waals surface area contributed by atoms with Gasteiger partial charge < -0.3 is 4.74 Å². The lowest BCUT2D eigenvalue weighted by Crippen LogP contribution is -2.44. The van der Waals surface area contributed by atoms with Gasteiger partial charge in [-0.1, -0.05) is 44.2 Å². The van der Waals surface area contributed by atoms with E-state index in [1.807, 2.05) is 44.2 Å². The summed E-state index contributed by atoms with van der Waals surface area (Å²) in [5.41, 5.74) is -0.0288. The van der Waals surface area contributed by atoms with Crippen molar-refractivity contribution in [3.63, 3.8) is 0 Å². The predicted molar refractivity (Wildman–Crippen MR) is 75.8 cm³/mol. The minimum atomic E-state index is -0.929. The molecule has 1 aromatic carbocycles. The number of hydrogen-bond donors (Lipinski definition) is 0. The zero-order valence-corrected chi connectivity index (χ0v) is 12.4. The quantitative estimate of drug-likeness (QED) is 0.851. The first-order valence-corrected chi connectivity index (χ1v) is 6.91. The first kappa shape index (κ1) is 14.7. The van der Waals surface area contributed by atoms with Gasteiger partial charge in [-0.2, -0.15) is 0 Å². The molecule has 0 aliphatic carbocycles. The zero-order chi connectivity index (χ0) is 14.9. The summed E-state index contributed by atoms with van der Waals surface area (Å²) >= 11 is 0. The molecule has 20 heavy (non-hydrogen) atoms. The average Bonchev–Trinajstić information content (AvgIpc) is 2.62. The fourth-order valence-corrected chi connectivity index (χ4v) is 2.36. The van der Waals surface area contributed by atoms with Gasteiger partial charge in [-0.3, -0.25) is 14.5 Å². The molecule has 1 atom stereocenters. The third-order valence-electron chi connectivity index (χ3n) is 3.44. The lowest BCUT2D eigenvalue weighted by atomic mass is 10.1. The second-order valence-corrected chi connectivity index (χ2v) is 5.99. The molecule has 1 heterocycles. The van der Waals surface area contributed by atoms with Crippen LogP contribution in [0.25, 0.3) is 0 Å². The smallest absolute Gasteiger partial charge is 0.263 e. The van der Waals surface area contributed by atoms with Crippen LogP contribution < -0.4 is 0 Å². The van der Waals surface area contributed by atoms with Crippen LogP contribution in [0, 0.1) is 5.92 Å². The summed E-state index contributed by atoms with van der Waals surface area (Å²) in [6.07, 6.45) is -0.261. The van der Waals surface area contributed by atoms with E-state index >= 15 is 0 Å². The molecule has 108 valence electrons. The van der Waals surface area contributed by atoms with E-state index in [9.17, 15) is 9.59 Å². The van der Waals surface area contributed by atoms with E-state index < -0.39 is 11.8 Å². The minimum absolute atomic E-state index is 0.0699. The van der Waals surface area contributed by atoms with Crippen molar-refractivity contribution in [2.24, 2.45) is 5.92 Å². The first-order chi connectivity index (χ1) is 9.33. The van der Waals surface area contributed by atoms with Gasteiger partial charge in [0.2, 0.25) is 5.91 Å². The SMILES string of the molecule is CC(C)C1OC(C)(C)C(=O)N1C(=O)Cc1ccccc1. The molecule has 0 bridgehead atoms. The Morgan fingerprint density at radius 3 is 2.45 bits per heavy atom. The number of imide groups is 1. The number of nitrogens with zero attached hydrogens (tertiary/aromatic N) is 1. The van der Waals surface area contributed by atoms with Gasteiger partial charge in [0.05, 0.1) is 6.42 Å². The number of benzene rings is 1. The summed E-state index contributed by atoms with van der Waals surface area (Å²) in [6, 6.07) is 9.44. The highest BCUT2D eigenvalue weighted by atomic mass is 16.6. The zero-order valence-electron chi connectivity index (χ0n) is 12.4. The number of ether oxygens (including phenoxy) is 1. The molecule has 2 amide bonds. The van der Waals surface area contributed by atoms with Gasteiger partial charge in [0.1, 0.15) is 11.8 Å². The van der Waals surface area contributed by atoms with Crippen LogP contribution in [-0.4, -0.2) is 28.5 Å². The summed E-state index contributed by atoms with van der Waals surface area (Å²) in [7, 11) is 0. The molecule has 1 aliphatic rings. The Kier molecular flexibility index (Phi) is 3.95. The van der Waals surface area contributed by atoms with Crippen LogP contribution in [0.2, 0.25) is 0 Å². The van der Waals surface area contributed by atoms with Gasteiger partial charge in [-0.15, -0.1) is 0 Å². The van der Waals surface area contributed by atoms with E-state index in [4.69, 9.17) is 4.74 Å². The van der Waals surface area contributed by atoms with E-state index in [1.54, 1.807) is 13.8 Å². The maximum absolute atomic E-state index is 12.5. The van der Waals surface area contributed by atoms with Gasteiger partial charge in [0.15, 0.2) is 0 Å². The van der Waals surface area contributed by atoms with Crippen molar-refractivity contribution in [3.05, 3.63) is 35.9 Å². The molecule has 1 aromatic rings. The molecule has 1 fully saturated rings. The number of hydrogen-bond acceptors (Lipinski definition) is 3. The van der Waals surface area contributed by atoms with Crippen molar-refractivity contribution in [3.8, 4) is 0 Å². The van der Waals surface area contributed by atoms with Gasteiger partial charge in [0, 0.05) is 0 Å². The van der Waals surface area contributed by atoms with Crippen molar-refractivity contribution in [1.29, 1.82) is 0 Å². The minimum Gasteiger partial charge on any atom is -0.342 e. The van der Waals surface area contributed by atoms with Crippen molar-refractivity contribution < 1.29 is 14.3 Å². The summed E-state index contributed by atoms with van der Waals surface area (Å²) in [5.74, 6) is -0.386. The van der Waals surface area contributed by atoms with E-state index in [1.165, 1.54) is 4.90 Å². The Hall–Kier alpha value is -1.68. The summed E-state index contributed by atoms with van der Waals surface area (Å²) in [6.45, 7) is 7.31. The van der Waals surface area contributed by atoms with Crippen molar-refractivity contribution in [2.45, 2.75) is 45.9 Å². The Morgan fingerprint density at radius 1 is 1.30 bits per heavy atom. The van der Waals surface area contributed by atoms with Gasteiger partial charge in [-0.25, -0.2) is 0 Å². The third-order valence-corrected chi connectivity index (χ3v) is 3.44. The molecular weight excluding hydrogens is 254 g/mol. The summed E-state index contributed by atoms with van der Waals surface area (Å²) in [5, 5.41) is 0. The highest BCUT2D eigenvalue weighted by molar-refractivity contribution is 6.01. The van der Waals surface area contributed by atoms with Crippen molar-refractivity contribution in [2.75, 3.05) is 0 Å². The monoisotopic (exact) mass is 275 g/mol. The van der Waals surface area contributed by atoms with Crippen LogP contribution >= 0.6 is 0 Å². The van der Waals surface area contributed by atoms with Crippen molar-refractivity contribution >= 4 is 11.8 Å². The molecule has 0 aromatic heterocycles. The van der Waals surface area contributed by atoms with E-state index in [0.717, 1.165) is 5.56 Å². The largest absolute Gasteiger partial charge is 0.342 e. The van der Waals surface area contributed by atoms with Crippen LogP contribution in [0.4, 0.5) is 0 Å². The van der Waals surface area contributed by atoms with Crippen LogP contribution in [0.1, 0.15) is 33.3 Å². The van der Waals surface area contributed by atoms with Crippen LogP contribution in [0.3, 0.4) is 0 Å². The van der Waals surface area contributed by atoms with Crippen LogP contribution in [0.5, 0.6) is 0 Å². The Morgan fingerprint density at radius 2 is 1.90 bits per heavy atom. The molecule has 2 rings (SSSR count). The maximum atomic E-state index is 12.5. The van der Waals surface area contributed by atoms with Gasteiger partial charge in [-0.05, 0) is 25.3 Å². The standard InChI is InChI=1S/C16H21NO3/c1-11(2)14-17(15(19)16(3,4)20-14)13(18)10-12-8-6-5-7-9-12/h5-9,11,14H,10H2,1-4H3. The fraction of sp³-hybridized carbons (Fsp3) is 0.500. The topological polar surface area (TPSA) is 46.6 Å². The highest BCUT2D eigenvalue weighted by Crippen LogP contribution is 2.31.